The summed E-state index contributed by atoms with van der Waals surface area (Å²) in [6.45, 7) is 2.09. The Labute approximate surface area is 106 Å². The van der Waals surface area contributed by atoms with Crippen molar-refractivity contribution in [1.29, 1.82) is 0 Å². The standard InChI is InChI=1S/C12H20N4O2/c1-8-6-4-5-7-9(8)16-11(17)13-10(15(2)3)14-12(16)18/h8-9H,4-7H2,1-3H3,(H,13,14,17,18). The van der Waals surface area contributed by atoms with E-state index in [1.165, 1.54) is 11.0 Å². The Hall–Kier alpha value is -1.59. The smallest absolute Gasteiger partial charge is 0.348 e. The van der Waals surface area contributed by atoms with E-state index in [0.717, 1.165) is 19.3 Å². The first-order chi connectivity index (χ1) is 8.50. The van der Waals surface area contributed by atoms with E-state index in [1.807, 2.05) is 0 Å². The van der Waals surface area contributed by atoms with E-state index >= 15 is 0 Å². The molecule has 0 radical (unpaired) electrons. The maximum absolute atomic E-state index is 12.1. The molecule has 1 aliphatic carbocycles. The molecule has 18 heavy (non-hydrogen) atoms. The van der Waals surface area contributed by atoms with Gasteiger partial charge in [0.25, 0.3) is 0 Å². The van der Waals surface area contributed by atoms with Crippen molar-refractivity contribution in [3.63, 3.8) is 0 Å². The highest BCUT2D eigenvalue weighted by molar-refractivity contribution is 5.23. The molecule has 0 spiro atoms. The molecule has 1 aliphatic rings. The third-order valence-corrected chi connectivity index (χ3v) is 3.67. The average Bonchev–Trinajstić information content (AvgIpc) is 2.30. The number of nitrogens with zero attached hydrogens (tertiary/aromatic N) is 3. The van der Waals surface area contributed by atoms with Gasteiger partial charge in [-0.2, -0.15) is 4.98 Å². The number of H-pyrrole nitrogens is 1. The molecule has 1 N–H and O–H groups in total. The van der Waals surface area contributed by atoms with Gasteiger partial charge in [0.05, 0.1) is 0 Å². The van der Waals surface area contributed by atoms with Gasteiger partial charge in [0.2, 0.25) is 5.95 Å². The van der Waals surface area contributed by atoms with Gasteiger partial charge in [0.1, 0.15) is 0 Å². The summed E-state index contributed by atoms with van der Waals surface area (Å²) in [6.07, 6.45) is 4.18. The Balaban J connectivity index is 2.45. The van der Waals surface area contributed by atoms with Gasteiger partial charge in [-0.1, -0.05) is 19.8 Å². The van der Waals surface area contributed by atoms with E-state index in [1.54, 1.807) is 19.0 Å². The van der Waals surface area contributed by atoms with Crippen LogP contribution in [0.25, 0.3) is 0 Å². The average molecular weight is 252 g/mol. The Kier molecular flexibility index (Phi) is 3.54. The van der Waals surface area contributed by atoms with Crippen LogP contribution in [0.5, 0.6) is 0 Å². The summed E-state index contributed by atoms with van der Waals surface area (Å²) in [4.78, 5) is 32.3. The second kappa shape index (κ2) is 4.96. The highest BCUT2D eigenvalue weighted by atomic mass is 16.2. The zero-order chi connectivity index (χ0) is 13.3. The minimum absolute atomic E-state index is 0.0151. The third-order valence-electron chi connectivity index (χ3n) is 3.67. The number of hydrogen-bond donors (Lipinski definition) is 1. The van der Waals surface area contributed by atoms with Gasteiger partial charge < -0.3 is 4.90 Å². The fourth-order valence-electron chi connectivity index (χ4n) is 2.60. The van der Waals surface area contributed by atoms with Crippen molar-refractivity contribution in [3.05, 3.63) is 21.0 Å². The molecule has 2 unspecified atom stereocenters. The number of nitrogens with one attached hydrogen (secondary N) is 1. The van der Waals surface area contributed by atoms with E-state index in [0.29, 0.717) is 11.9 Å². The summed E-state index contributed by atoms with van der Waals surface area (Å²) in [5, 5.41) is 0. The maximum Gasteiger partial charge on any atom is 0.355 e. The van der Waals surface area contributed by atoms with Gasteiger partial charge in [0.15, 0.2) is 0 Å². The van der Waals surface area contributed by atoms with Crippen LogP contribution >= 0.6 is 0 Å². The quantitative estimate of drug-likeness (QED) is 0.843. The number of hydrogen-bond acceptors (Lipinski definition) is 4. The Morgan fingerprint density at radius 1 is 1.28 bits per heavy atom. The lowest BCUT2D eigenvalue weighted by Crippen LogP contribution is -2.43. The highest BCUT2D eigenvalue weighted by Gasteiger charge is 2.26. The van der Waals surface area contributed by atoms with E-state index in [-0.39, 0.29) is 11.7 Å². The maximum atomic E-state index is 12.1. The monoisotopic (exact) mass is 252 g/mol. The molecular formula is C12H20N4O2. The largest absolute Gasteiger partial charge is 0.355 e. The number of rotatable bonds is 2. The SMILES string of the molecule is CC1CCCCC1n1c(=O)nc(N(C)C)[nH]c1=O. The molecule has 1 saturated carbocycles. The van der Waals surface area contributed by atoms with Crippen LogP contribution in [0.2, 0.25) is 0 Å². The van der Waals surface area contributed by atoms with Crippen molar-refractivity contribution in [2.75, 3.05) is 19.0 Å². The van der Waals surface area contributed by atoms with Gasteiger partial charge >= 0.3 is 11.4 Å². The predicted octanol–water partition coefficient (Wildman–Crippen LogP) is 0.749. The van der Waals surface area contributed by atoms with Crippen LogP contribution in [0.15, 0.2) is 9.59 Å². The fraction of sp³-hybridized carbons (Fsp3) is 0.750. The second-order valence-corrected chi connectivity index (χ2v) is 5.24. The van der Waals surface area contributed by atoms with E-state index in [2.05, 4.69) is 16.9 Å². The molecule has 6 nitrogen and oxygen atoms in total. The van der Waals surface area contributed by atoms with Crippen molar-refractivity contribution in [2.24, 2.45) is 5.92 Å². The molecule has 1 heterocycles. The molecule has 1 aromatic heterocycles. The molecule has 6 heteroatoms. The Morgan fingerprint density at radius 3 is 2.50 bits per heavy atom. The van der Waals surface area contributed by atoms with Crippen molar-refractivity contribution >= 4 is 5.95 Å². The Bertz CT molecular complexity index is 500. The first kappa shape index (κ1) is 12.9. The topological polar surface area (TPSA) is 71.0 Å². The van der Waals surface area contributed by atoms with Crippen LogP contribution in [0.4, 0.5) is 5.95 Å². The molecule has 100 valence electrons. The van der Waals surface area contributed by atoms with Gasteiger partial charge in [-0.25, -0.2) is 14.2 Å². The zero-order valence-electron chi connectivity index (χ0n) is 11.1. The molecule has 1 fully saturated rings. The molecule has 0 amide bonds. The van der Waals surface area contributed by atoms with Crippen LogP contribution in [-0.4, -0.2) is 28.6 Å². The number of aromatic amines is 1. The van der Waals surface area contributed by atoms with Gasteiger partial charge in [-0.3, -0.25) is 4.98 Å². The molecule has 2 rings (SSSR count). The van der Waals surface area contributed by atoms with Gasteiger partial charge in [-0.15, -0.1) is 0 Å². The molecule has 0 aliphatic heterocycles. The first-order valence-electron chi connectivity index (χ1n) is 6.41. The van der Waals surface area contributed by atoms with E-state index < -0.39 is 5.69 Å². The van der Waals surface area contributed by atoms with Crippen LogP contribution in [-0.2, 0) is 0 Å². The van der Waals surface area contributed by atoms with E-state index in [9.17, 15) is 9.59 Å². The summed E-state index contributed by atoms with van der Waals surface area (Å²) in [7, 11) is 3.48. The third kappa shape index (κ3) is 2.32. The van der Waals surface area contributed by atoms with Crippen molar-refractivity contribution in [1.82, 2.24) is 14.5 Å². The lowest BCUT2D eigenvalue weighted by atomic mass is 9.86. The lowest BCUT2D eigenvalue weighted by molar-refractivity contribution is 0.242. The summed E-state index contributed by atoms with van der Waals surface area (Å²) in [5.41, 5.74) is -0.793. The normalized spacial score (nSPS) is 23.9. The van der Waals surface area contributed by atoms with Crippen molar-refractivity contribution < 1.29 is 0 Å². The van der Waals surface area contributed by atoms with Gasteiger partial charge in [0, 0.05) is 20.1 Å². The molecule has 0 bridgehead atoms. The second-order valence-electron chi connectivity index (χ2n) is 5.24. The minimum atomic E-state index is -0.443. The van der Waals surface area contributed by atoms with Crippen LogP contribution < -0.4 is 16.3 Å². The summed E-state index contributed by atoms with van der Waals surface area (Å²) in [6, 6.07) is -0.0151. The number of aromatic nitrogens is 3. The first-order valence-corrected chi connectivity index (χ1v) is 6.41. The predicted molar refractivity (Wildman–Crippen MR) is 70.1 cm³/mol. The van der Waals surface area contributed by atoms with Crippen molar-refractivity contribution in [2.45, 2.75) is 38.6 Å². The number of anilines is 1. The molecule has 0 aromatic carbocycles. The molecular weight excluding hydrogens is 232 g/mol. The van der Waals surface area contributed by atoms with E-state index in [4.69, 9.17) is 0 Å². The van der Waals surface area contributed by atoms with Crippen LogP contribution in [0.1, 0.15) is 38.6 Å². The summed E-state index contributed by atoms with van der Waals surface area (Å²) in [5.74, 6) is 0.661. The molecule has 2 atom stereocenters. The zero-order valence-corrected chi connectivity index (χ0v) is 11.1. The van der Waals surface area contributed by atoms with Gasteiger partial charge in [-0.05, 0) is 18.8 Å². The summed E-state index contributed by atoms with van der Waals surface area (Å²) < 4.78 is 1.29. The lowest BCUT2D eigenvalue weighted by Gasteiger charge is -2.29. The van der Waals surface area contributed by atoms with Crippen molar-refractivity contribution in [3.8, 4) is 0 Å². The highest BCUT2D eigenvalue weighted by Crippen LogP contribution is 2.31. The minimum Gasteiger partial charge on any atom is -0.348 e. The molecule has 0 saturated heterocycles. The summed E-state index contributed by atoms with van der Waals surface area (Å²) >= 11 is 0. The molecule has 1 aromatic rings. The Morgan fingerprint density at radius 2 is 1.94 bits per heavy atom. The van der Waals surface area contributed by atoms with Crippen LogP contribution in [0.3, 0.4) is 0 Å². The van der Waals surface area contributed by atoms with Crippen LogP contribution in [0, 0.1) is 5.92 Å². The fourth-order valence-corrected chi connectivity index (χ4v) is 2.60.